The average Bonchev–Trinajstić information content (AvgIpc) is 2.58. The van der Waals surface area contributed by atoms with Crippen LogP contribution in [-0.4, -0.2) is 44.1 Å². The minimum absolute atomic E-state index is 0. The number of carbonyl (C=O) groups is 1. The van der Waals surface area contributed by atoms with Crippen molar-refractivity contribution < 1.29 is 9.53 Å². The molecule has 1 saturated heterocycles. The molecule has 1 N–H and O–H groups in total. The smallest absolute Gasteiger partial charge is 0.225 e. The number of ether oxygens (including phenoxy) is 1. The summed E-state index contributed by atoms with van der Waals surface area (Å²) in [5.41, 5.74) is 1.36. The van der Waals surface area contributed by atoms with Crippen molar-refractivity contribution in [3.63, 3.8) is 0 Å². The minimum Gasteiger partial charge on any atom is -0.497 e. The van der Waals surface area contributed by atoms with Crippen molar-refractivity contribution in [2.75, 3.05) is 33.3 Å². The SMILES string of the molecule is COc1ccc(CCN(CC(C)(C)C)C(=O)C2CCNCC2)cc1.Cl. The molecule has 1 fully saturated rings. The molecule has 0 aliphatic carbocycles. The summed E-state index contributed by atoms with van der Waals surface area (Å²) in [5.74, 6) is 1.39. The maximum atomic E-state index is 13.0. The third kappa shape index (κ3) is 7.25. The first-order chi connectivity index (χ1) is 11.4. The summed E-state index contributed by atoms with van der Waals surface area (Å²) in [6.07, 6.45) is 2.81. The van der Waals surface area contributed by atoms with Crippen molar-refractivity contribution >= 4 is 18.3 Å². The Morgan fingerprint density at radius 2 is 1.80 bits per heavy atom. The first-order valence-electron chi connectivity index (χ1n) is 9.01. The minimum atomic E-state index is 0. The van der Waals surface area contributed by atoms with Gasteiger partial charge in [0.2, 0.25) is 5.91 Å². The van der Waals surface area contributed by atoms with Crippen LogP contribution in [0.1, 0.15) is 39.2 Å². The van der Waals surface area contributed by atoms with E-state index in [0.29, 0.717) is 5.91 Å². The lowest BCUT2D eigenvalue weighted by atomic mass is 9.92. The van der Waals surface area contributed by atoms with Gasteiger partial charge in [-0.3, -0.25) is 4.79 Å². The highest BCUT2D eigenvalue weighted by Gasteiger charge is 2.28. The quantitative estimate of drug-likeness (QED) is 0.835. The van der Waals surface area contributed by atoms with Crippen molar-refractivity contribution in [2.24, 2.45) is 11.3 Å². The zero-order valence-electron chi connectivity index (χ0n) is 16.0. The largest absolute Gasteiger partial charge is 0.497 e. The standard InChI is InChI=1S/C20H32N2O2.ClH/c1-20(2,3)15-22(19(23)17-9-12-21-13-10-17)14-11-16-5-7-18(24-4)8-6-16;/h5-8,17,21H,9-15H2,1-4H3;1H. The number of nitrogens with zero attached hydrogens (tertiary/aromatic N) is 1. The first-order valence-corrected chi connectivity index (χ1v) is 9.01. The van der Waals surface area contributed by atoms with Gasteiger partial charge in [-0.15, -0.1) is 12.4 Å². The van der Waals surface area contributed by atoms with E-state index in [1.165, 1.54) is 5.56 Å². The Labute approximate surface area is 158 Å². The summed E-state index contributed by atoms with van der Waals surface area (Å²) >= 11 is 0. The lowest BCUT2D eigenvalue weighted by Crippen LogP contribution is -2.45. The van der Waals surface area contributed by atoms with Gasteiger partial charge in [0.1, 0.15) is 5.75 Å². The molecule has 1 aliphatic rings. The number of methoxy groups -OCH3 is 1. The first kappa shape index (κ1) is 21.8. The summed E-state index contributed by atoms with van der Waals surface area (Å²) < 4.78 is 5.21. The predicted molar refractivity (Wildman–Crippen MR) is 106 cm³/mol. The molecule has 0 unspecified atom stereocenters. The number of halogens is 1. The van der Waals surface area contributed by atoms with Gasteiger partial charge >= 0.3 is 0 Å². The lowest BCUT2D eigenvalue weighted by Gasteiger charge is -2.34. The Kier molecular flexibility index (Phi) is 8.74. The summed E-state index contributed by atoms with van der Waals surface area (Å²) in [6, 6.07) is 8.14. The van der Waals surface area contributed by atoms with Gasteiger partial charge in [-0.1, -0.05) is 32.9 Å². The molecule has 0 aromatic heterocycles. The molecule has 1 aromatic carbocycles. The monoisotopic (exact) mass is 368 g/mol. The zero-order valence-corrected chi connectivity index (χ0v) is 16.8. The molecule has 1 aliphatic heterocycles. The fourth-order valence-corrected chi connectivity index (χ4v) is 3.22. The van der Waals surface area contributed by atoms with Crippen molar-refractivity contribution in [2.45, 2.75) is 40.0 Å². The van der Waals surface area contributed by atoms with Crippen LogP contribution in [0.2, 0.25) is 0 Å². The number of benzene rings is 1. The van der Waals surface area contributed by atoms with E-state index in [9.17, 15) is 4.79 Å². The molecular formula is C20H33ClN2O2. The highest BCUT2D eigenvalue weighted by Crippen LogP contribution is 2.21. The molecule has 2 rings (SSSR count). The van der Waals surface area contributed by atoms with Crippen LogP contribution >= 0.6 is 12.4 Å². The third-order valence-electron chi connectivity index (χ3n) is 4.49. The molecule has 1 aromatic rings. The van der Waals surface area contributed by atoms with Gasteiger partial charge in [0.05, 0.1) is 7.11 Å². The van der Waals surface area contributed by atoms with Gasteiger partial charge in [-0.25, -0.2) is 0 Å². The molecule has 0 bridgehead atoms. The van der Waals surface area contributed by atoms with Crippen LogP contribution in [0.25, 0.3) is 0 Å². The van der Waals surface area contributed by atoms with Gasteiger partial charge in [-0.05, 0) is 55.5 Å². The molecule has 1 heterocycles. The van der Waals surface area contributed by atoms with Crippen LogP contribution in [0.3, 0.4) is 0 Å². The Hall–Kier alpha value is -1.26. The zero-order chi connectivity index (χ0) is 17.6. The Morgan fingerprint density at radius 1 is 1.20 bits per heavy atom. The molecular weight excluding hydrogens is 336 g/mol. The number of piperidine rings is 1. The molecule has 0 radical (unpaired) electrons. The Bertz CT molecular complexity index is 519. The summed E-state index contributed by atoms with van der Waals surface area (Å²) in [5, 5.41) is 3.34. The molecule has 0 saturated carbocycles. The molecule has 142 valence electrons. The fourth-order valence-electron chi connectivity index (χ4n) is 3.22. The normalized spacial score (nSPS) is 15.4. The van der Waals surface area contributed by atoms with Crippen molar-refractivity contribution in [3.05, 3.63) is 29.8 Å². The summed E-state index contributed by atoms with van der Waals surface area (Å²) in [7, 11) is 1.68. The van der Waals surface area contributed by atoms with Crippen LogP contribution in [0.4, 0.5) is 0 Å². The Balaban J connectivity index is 0.00000312. The number of nitrogens with one attached hydrogen (secondary N) is 1. The van der Waals surface area contributed by atoms with E-state index in [-0.39, 0.29) is 23.7 Å². The Morgan fingerprint density at radius 3 is 2.32 bits per heavy atom. The highest BCUT2D eigenvalue weighted by molar-refractivity contribution is 5.85. The second-order valence-corrected chi connectivity index (χ2v) is 7.94. The average molecular weight is 369 g/mol. The van der Waals surface area contributed by atoms with Crippen molar-refractivity contribution in [1.82, 2.24) is 10.2 Å². The van der Waals surface area contributed by atoms with E-state index in [4.69, 9.17) is 4.74 Å². The summed E-state index contributed by atoms with van der Waals surface area (Å²) in [6.45, 7) is 10.1. The van der Waals surface area contributed by atoms with E-state index in [1.54, 1.807) is 7.11 Å². The second-order valence-electron chi connectivity index (χ2n) is 7.94. The molecule has 1 amide bonds. The topological polar surface area (TPSA) is 41.6 Å². The van der Waals surface area contributed by atoms with E-state index < -0.39 is 0 Å². The van der Waals surface area contributed by atoms with Crippen LogP contribution in [0, 0.1) is 11.3 Å². The van der Waals surface area contributed by atoms with E-state index in [0.717, 1.165) is 51.2 Å². The van der Waals surface area contributed by atoms with E-state index >= 15 is 0 Å². The van der Waals surface area contributed by atoms with E-state index in [2.05, 4.69) is 43.1 Å². The second kappa shape index (κ2) is 10.0. The number of amides is 1. The molecule has 0 spiro atoms. The van der Waals surface area contributed by atoms with Crippen LogP contribution in [-0.2, 0) is 11.2 Å². The summed E-state index contributed by atoms with van der Waals surface area (Å²) in [4.78, 5) is 15.1. The molecule has 0 atom stereocenters. The molecule has 5 heteroatoms. The van der Waals surface area contributed by atoms with Crippen LogP contribution in [0.5, 0.6) is 5.75 Å². The third-order valence-corrected chi connectivity index (χ3v) is 4.49. The van der Waals surface area contributed by atoms with Gasteiger partial charge in [-0.2, -0.15) is 0 Å². The fraction of sp³-hybridized carbons (Fsp3) is 0.650. The maximum absolute atomic E-state index is 13.0. The number of hydrogen-bond donors (Lipinski definition) is 1. The predicted octanol–water partition coefficient (Wildman–Crippen LogP) is 3.53. The van der Waals surface area contributed by atoms with Gasteiger partial charge in [0.25, 0.3) is 0 Å². The van der Waals surface area contributed by atoms with Crippen molar-refractivity contribution in [1.29, 1.82) is 0 Å². The van der Waals surface area contributed by atoms with Crippen LogP contribution < -0.4 is 10.1 Å². The van der Waals surface area contributed by atoms with Gasteiger partial charge in [0, 0.05) is 19.0 Å². The molecule has 4 nitrogen and oxygen atoms in total. The lowest BCUT2D eigenvalue weighted by molar-refractivity contribution is -0.137. The number of rotatable bonds is 6. The molecule has 25 heavy (non-hydrogen) atoms. The number of carbonyl (C=O) groups excluding carboxylic acids is 1. The van der Waals surface area contributed by atoms with Gasteiger partial charge in [0.15, 0.2) is 0 Å². The maximum Gasteiger partial charge on any atom is 0.225 e. The van der Waals surface area contributed by atoms with Crippen molar-refractivity contribution in [3.8, 4) is 5.75 Å². The highest BCUT2D eigenvalue weighted by atomic mass is 35.5. The van der Waals surface area contributed by atoms with Gasteiger partial charge < -0.3 is 15.0 Å². The van der Waals surface area contributed by atoms with Crippen LogP contribution in [0.15, 0.2) is 24.3 Å². The number of hydrogen-bond acceptors (Lipinski definition) is 3. The van der Waals surface area contributed by atoms with E-state index in [1.807, 2.05) is 12.1 Å².